The predicted octanol–water partition coefficient (Wildman–Crippen LogP) is -1.44. The van der Waals surface area contributed by atoms with Crippen molar-refractivity contribution in [3.8, 4) is 0 Å². The SMILES string of the molecule is [CH2-]CCN(CC)CC.[Na+]. The second-order valence-corrected chi connectivity index (χ2v) is 1.88. The molecule has 0 atom stereocenters. The second kappa shape index (κ2) is 8.96. The van der Waals surface area contributed by atoms with E-state index in [0.717, 1.165) is 26.1 Å². The van der Waals surface area contributed by atoms with Gasteiger partial charge in [0.2, 0.25) is 0 Å². The number of hydrogen-bond acceptors (Lipinski definition) is 1. The summed E-state index contributed by atoms with van der Waals surface area (Å²) >= 11 is 0. The van der Waals surface area contributed by atoms with E-state index in [1.54, 1.807) is 0 Å². The van der Waals surface area contributed by atoms with Crippen LogP contribution in [0.3, 0.4) is 0 Å². The van der Waals surface area contributed by atoms with E-state index in [1.807, 2.05) is 0 Å². The zero-order chi connectivity index (χ0) is 6.41. The van der Waals surface area contributed by atoms with E-state index in [4.69, 9.17) is 0 Å². The van der Waals surface area contributed by atoms with Crippen LogP contribution in [0.15, 0.2) is 0 Å². The summed E-state index contributed by atoms with van der Waals surface area (Å²) in [6.45, 7) is 11.6. The monoisotopic (exact) mass is 137 g/mol. The zero-order valence-corrected chi connectivity index (χ0v) is 8.98. The van der Waals surface area contributed by atoms with Crippen molar-refractivity contribution in [1.82, 2.24) is 4.90 Å². The minimum atomic E-state index is 0. The molecule has 0 rings (SSSR count). The Hall–Kier alpha value is 0.960. The third kappa shape index (κ3) is 6.85. The van der Waals surface area contributed by atoms with Gasteiger partial charge in [0, 0.05) is 0 Å². The molecule has 0 aromatic rings. The van der Waals surface area contributed by atoms with Crippen LogP contribution in [0.1, 0.15) is 20.3 Å². The Morgan fingerprint density at radius 3 is 1.78 bits per heavy atom. The topological polar surface area (TPSA) is 3.24 Å². The Bertz CT molecular complexity index is 44.2. The number of hydrogen-bond donors (Lipinski definition) is 0. The number of nitrogens with zero attached hydrogens (tertiary/aromatic N) is 1. The Labute approximate surface area is 81.1 Å². The Balaban J connectivity index is 0. The smallest absolute Gasteiger partial charge is 0.342 e. The van der Waals surface area contributed by atoms with Crippen molar-refractivity contribution in [3.05, 3.63) is 6.92 Å². The standard InChI is InChI=1S/C7H16N.Na/c1-4-7-8(5-2)6-3;/h1,4-7H2,2-3H3;/q-1;+1. The quantitative estimate of drug-likeness (QED) is 0.339. The van der Waals surface area contributed by atoms with Crippen molar-refractivity contribution in [2.75, 3.05) is 19.6 Å². The molecule has 0 N–H and O–H groups in total. The van der Waals surface area contributed by atoms with E-state index in [1.165, 1.54) is 0 Å². The first-order chi connectivity index (χ1) is 3.85. The van der Waals surface area contributed by atoms with E-state index in [0.29, 0.717) is 0 Å². The molecule has 0 saturated heterocycles. The fourth-order valence-corrected chi connectivity index (χ4v) is 0.763. The van der Waals surface area contributed by atoms with Crippen molar-refractivity contribution in [1.29, 1.82) is 0 Å². The van der Waals surface area contributed by atoms with Gasteiger partial charge in [0.15, 0.2) is 0 Å². The molecule has 9 heavy (non-hydrogen) atoms. The van der Waals surface area contributed by atoms with E-state index in [2.05, 4.69) is 25.7 Å². The van der Waals surface area contributed by atoms with Gasteiger partial charge in [-0.2, -0.15) is 6.42 Å². The molecule has 0 aromatic heterocycles. The first kappa shape index (κ1) is 12.6. The molecule has 0 unspecified atom stereocenters. The van der Waals surface area contributed by atoms with Gasteiger partial charge in [-0.15, -0.1) is 0 Å². The largest absolute Gasteiger partial charge is 1.00 e. The molecular weight excluding hydrogens is 121 g/mol. The van der Waals surface area contributed by atoms with Crippen molar-refractivity contribution < 1.29 is 29.6 Å². The average Bonchev–Trinajstić information content (AvgIpc) is 1.83. The van der Waals surface area contributed by atoms with Crippen molar-refractivity contribution in [2.24, 2.45) is 0 Å². The van der Waals surface area contributed by atoms with Crippen LogP contribution in [0, 0.1) is 6.92 Å². The van der Waals surface area contributed by atoms with E-state index < -0.39 is 0 Å². The maximum Gasteiger partial charge on any atom is 1.00 e. The molecule has 0 aromatic carbocycles. The van der Waals surface area contributed by atoms with Crippen LogP contribution in [0.25, 0.3) is 0 Å². The first-order valence-corrected chi connectivity index (χ1v) is 3.36. The third-order valence-corrected chi connectivity index (χ3v) is 1.37. The maximum absolute atomic E-state index is 3.78. The Kier molecular flexibility index (Phi) is 12.6. The molecule has 0 aliphatic heterocycles. The van der Waals surface area contributed by atoms with Crippen LogP contribution >= 0.6 is 0 Å². The molecule has 1 nitrogen and oxygen atoms in total. The molecule has 0 heterocycles. The van der Waals surface area contributed by atoms with Crippen molar-refractivity contribution in [3.63, 3.8) is 0 Å². The van der Waals surface area contributed by atoms with E-state index in [-0.39, 0.29) is 29.6 Å². The summed E-state index contributed by atoms with van der Waals surface area (Å²) in [6.07, 6.45) is 1.03. The van der Waals surface area contributed by atoms with Crippen LogP contribution in [-0.4, -0.2) is 24.5 Å². The molecular formula is C7H16NNa. The van der Waals surface area contributed by atoms with Gasteiger partial charge in [-0.05, 0) is 19.6 Å². The second-order valence-electron chi connectivity index (χ2n) is 1.88. The third-order valence-electron chi connectivity index (χ3n) is 1.37. The summed E-state index contributed by atoms with van der Waals surface area (Å²) in [5, 5.41) is 0. The van der Waals surface area contributed by atoms with Crippen LogP contribution < -0.4 is 29.6 Å². The molecule has 0 bridgehead atoms. The molecule has 0 fully saturated rings. The summed E-state index contributed by atoms with van der Waals surface area (Å²) in [5.74, 6) is 0. The molecule has 0 saturated carbocycles. The minimum absolute atomic E-state index is 0. The fraction of sp³-hybridized carbons (Fsp3) is 0.857. The zero-order valence-electron chi connectivity index (χ0n) is 6.98. The number of rotatable bonds is 4. The van der Waals surface area contributed by atoms with Gasteiger partial charge in [0.1, 0.15) is 0 Å². The van der Waals surface area contributed by atoms with Crippen LogP contribution in [-0.2, 0) is 0 Å². The minimum Gasteiger partial charge on any atom is -0.342 e. The Morgan fingerprint density at radius 1 is 1.22 bits per heavy atom. The summed E-state index contributed by atoms with van der Waals surface area (Å²) < 4.78 is 0. The normalized spacial score (nSPS) is 9.33. The first-order valence-electron chi connectivity index (χ1n) is 3.36. The molecule has 0 radical (unpaired) electrons. The van der Waals surface area contributed by atoms with Gasteiger partial charge in [-0.1, -0.05) is 13.8 Å². The Morgan fingerprint density at radius 2 is 1.67 bits per heavy atom. The van der Waals surface area contributed by atoms with Gasteiger partial charge in [-0.25, -0.2) is 0 Å². The van der Waals surface area contributed by atoms with E-state index >= 15 is 0 Å². The van der Waals surface area contributed by atoms with Gasteiger partial charge >= 0.3 is 29.6 Å². The summed E-state index contributed by atoms with van der Waals surface area (Å²) in [6, 6.07) is 0. The molecule has 50 valence electrons. The molecule has 0 amide bonds. The van der Waals surface area contributed by atoms with Gasteiger partial charge in [0.05, 0.1) is 0 Å². The average molecular weight is 137 g/mol. The van der Waals surface area contributed by atoms with E-state index in [9.17, 15) is 0 Å². The predicted molar refractivity (Wildman–Crippen MR) is 37.8 cm³/mol. The van der Waals surface area contributed by atoms with Crippen LogP contribution in [0.4, 0.5) is 0 Å². The molecule has 0 aliphatic carbocycles. The van der Waals surface area contributed by atoms with Crippen molar-refractivity contribution in [2.45, 2.75) is 20.3 Å². The summed E-state index contributed by atoms with van der Waals surface area (Å²) in [7, 11) is 0. The van der Waals surface area contributed by atoms with Crippen LogP contribution in [0.5, 0.6) is 0 Å². The maximum atomic E-state index is 3.78. The summed E-state index contributed by atoms with van der Waals surface area (Å²) in [5.41, 5.74) is 0. The molecule has 2 heteroatoms. The van der Waals surface area contributed by atoms with Crippen LogP contribution in [0.2, 0.25) is 0 Å². The fourth-order valence-electron chi connectivity index (χ4n) is 0.763. The van der Waals surface area contributed by atoms with Crippen molar-refractivity contribution >= 4 is 0 Å². The van der Waals surface area contributed by atoms with Gasteiger partial charge in [-0.3, -0.25) is 0 Å². The molecule has 0 aliphatic rings. The summed E-state index contributed by atoms with van der Waals surface area (Å²) in [4.78, 5) is 2.37. The molecule has 0 spiro atoms. The van der Waals surface area contributed by atoms with Gasteiger partial charge in [0.25, 0.3) is 0 Å². The van der Waals surface area contributed by atoms with Gasteiger partial charge < -0.3 is 11.8 Å².